The minimum absolute atomic E-state index is 0.0160. The lowest BCUT2D eigenvalue weighted by atomic mass is 10.00. The van der Waals surface area contributed by atoms with Crippen molar-refractivity contribution in [1.82, 2.24) is 14.5 Å². The number of aromatic amines is 1. The van der Waals surface area contributed by atoms with Crippen molar-refractivity contribution in [3.05, 3.63) is 56.7 Å². The molecule has 3 rings (SSSR count). The zero-order valence-electron chi connectivity index (χ0n) is 19.3. The first kappa shape index (κ1) is 23.8. The highest BCUT2D eigenvalue weighted by molar-refractivity contribution is 5.96. The first-order valence-corrected chi connectivity index (χ1v) is 11.5. The number of hydrogen-bond acceptors (Lipinski definition) is 5. The van der Waals surface area contributed by atoms with E-state index in [2.05, 4.69) is 16.8 Å². The van der Waals surface area contributed by atoms with Crippen LogP contribution in [0.2, 0.25) is 0 Å². The highest BCUT2D eigenvalue weighted by Crippen LogP contribution is 2.23. The number of likely N-dealkylation sites (tertiary alicyclic amines) is 1. The lowest BCUT2D eigenvalue weighted by Gasteiger charge is -2.36. The number of anilines is 2. The van der Waals surface area contributed by atoms with Crippen LogP contribution < -0.4 is 21.9 Å². The normalized spacial score (nSPS) is 16.9. The summed E-state index contributed by atoms with van der Waals surface area (Å²) in [4.78, 5) is 44.9. The van der Waals surface area contributed by atoms with Crippen molar-refractivity contribution in [1.29, 1.82) is 0 Å². The Balaban J connectivity index is 1.97. The van der Waals surface area contributed by atoms with Crippen molar-refractivity contribution in [3.8, 4) is 0 Å². The predicted molar refractivity (Wildman–Crippen MR) is 128 cm³/mol. The third kappa shape index (κ3) is 5.48. The summed E-state index contributed by atoms with van der Waals surface area (Å²) in [6.45, 7) is 7.78. The average Bonchev–Trinajstić information content (AvgIpc) is 2.76. The SMILES string of the molecule is CCC1CCCCN1CC(=O)N(CC(C)C)c1c(N)n(Cc2ccccc2)c(=O)[nH]c1=O. The fourth-order valence-corrected chi connectivity index (χ4v) is 4.43. The van der Waals surface area contributed by atoms with Crippen molar-refractivity contribution < 1.29 is 4.79 Å². The van der Waals surface area contributed by atoms with Gasteiger partial charge in [0.15, 0.2) is 5.69 Å². The van der Waals surface area contributed by atoms with Gasteiger partial charge in [0.25, 0.3) is 5.56 Å². The maximum absolute atomic E-state index is 13.5. The number of nitrogen functional groups attached to an aromatic ring is 1. The van der Waals surface area contributed by atoms with Crippen LogP contribution in [0.15, 0.2) is 39.9 Å². The molecule has 174 valence electrons. The van der Waals surface area contributed by atoms with Crippen molar-refractivity contribution in [2.75, 3.05) is 30.3 Å². The van der Waals surface area contributed by atoms with Crippen molar-refractivity contribution in [3.63, 3.8) is 0 Å². The first-order valence-electron chi connectivity index (χ1n) is 11.5. The minimum Gasteiger partial charge on any atom is -0.383 e. The molecule has 1 aliphatic rings. The molecule has 1 aromatic carbocycles. The maximum atomic E-state index is 13.5. The largest absolute Gasteiger partial charge is 0.383 e. The van der Waals surface area contributed by atoms with E-state index in [-0.39, 0.29) is 36.4 Å². The molecular weight excluding hydrogens is 406 g/mol. The van der Waals surface area contributed by atoms with Gasteiger partial charge in [-0.1, -0.05) is 57.5 Å². The quantitative estimate of drug-likeness (QED) is 0.655. The summed E-state index contributed by atoms with van der Waals surface area (Å²) in [5, 5.41) is 0. The van der Waals surface area contributed by atoms with Crippen LogP contribution in [-0.4, -0.2) is 46.0 Å². The first-order chi connectivity index (χ1) is 15.3. The molecule has 2 heterocycles. The predicted octanol–water partition coefficient (Wildman–Crippen LogP) is 2.42. The molecule has 0 saturated carbocycles. The van der Waals surface area contributed by atoms with E-state index < -0.39 is 11.2 Å². The highest BCUT2D eigenvalue weighted by Gasteiger charge is 2.29. The number of piperidine rings is 1. The van der Waals surface area contributed by atoms with E-state index in [1.807, 2.05) is 44.2 Å². The molecule has 8 nitrogen and oxygen atoms in total. The number of benzene rings is 1. The Morgan fingerprint density at radius 2 is 1.94 bits per heavy atom. The summed E-state index contributed by atoms with van der Waals surface area (Å²) in [7, 11) is 0. The molecule has 0 bridgehead atoms. The molecule has 3 N–H and O–H groups in total. The number of nitrogens with two attached hydrogens (primary N) is 1. The molecule has 1 atom stereocenters. The second-order valence-electron chi connectivity index (χ2n) is 8.99. The van der Waals surface area contributed by atoms with Crippen LogP contribution in [0.5, 0.6) is 0 Å². The fraction of sp³-hybridized carbons (Fsp3) is 0.542. The van der Waals surface area contributed by atoms with E-state index in [4.69, 9.17) is 5.73 Å². The Hall–Kier alpha value is -2.87. The molecule has 0 radical (unpaired) electrons. The second kappa shape index (κ2) is 10.6. The molecule has 1 unspecified atom stereocenters. The van der Waals surface area contributed by atoms with Crippen LogP contribution in [0.1, 0.15) is 52.0 Å². The van der Waals surface area contributed by atoms with Crippen LogP contribution in [0.3, 0.4) is 0 Å². The van der Waals surface area contributed by atoms with E-state index in [0.29, 0.717) is 12.6 Å². The zero-order chi connectivity index (χ0) is 23.3. The molecule has 0 aliphatic carbocycles. The molecule has 1 aromatic heterocycles. The van der Waals surface area contributed by atoms with Gasteiger partial charge >= 0.3 is 5.69 Å². The van der Waals surface area contributed by atoms with Crippen LogP contribution in [0.25, 0.3) is 0 Å². The average molecular weight is 442 g/mol. The van der Waals surface area contributed by atoms with Gasteiger partial charge in [-0.15, -0.1) is 0 Å². The maximum Gasteiger partial charge on any atom is 0.330 e. The molecule has 0 spiro atoms. The van der Waals surface area contributed by atoms with Gasteiger partial charge in [-0.2, -0.15) is 0 Å². The van der Waals surface area contributed by atoms with Gasteiger partial charge in [0.1, 0.15) is 5.82 Å². The lowest BCUT2D eigenvalue weighted by molar-refractivity contribution is -0.120. The second-order valence-corrected chi connectivity index (χ2v) is 8.99. The van der Waals surface area contributed by atoms with E-state index in [1.54, 1.807) is 0 Å². The van der Waals surface area contributed by atoms with Gasteiger partial charge in [0.05, 0.1) is 13.1 Å². The van der Waals surface area contributed by atoms with Gasteiger partial charge in [-0.25, -0.2) is 4.79 Å². The number of carbonyl (C=O) groups is 1. The van der Waals surface area contributed by atoms with Crippen LogP contribution >= 0.6 is 0 Å². The number of hydrogen-bond donors (Lipinski definition) is 2. The van der Waals surface area contributed by atoms with E-state index in [9.17, 15) is 14.4 Å². The van der Waals surface area contributed by atoms with Gasteiger partial charge < -0.3 is 10.6 Å². The number of nitrogens with one attached hydrogen (secondary N) is 1. The topological polar surface area (TPSA) is 104 Å². The number of carbonyl (C=O) groups excluding carboxylic acids is 1. The fourth-order valence-electron chi connectivity index (χ4n) is 4.43. The summed E-state index contributed by atoms with van der Waals surface area (Å²) in [6, 6.07) is 9.78. The number of aromatic nitrogens is 2. The molecule has 32 heavy (non-hydrogen) atoms. The van der Waals surface area contributed by atoms with Gasteiger partial charge in [-0.05, 0) is 37.3 Å². The molecule has 1 amide bonds. The summed E-state index contributed by atoms with van der Waals surface area (Å²) in [5.41, 5.74) is 6.09. The molecule has 8 heteroatoms. The Morgan fingerprint density at radius 3 is 2.59 bits per heavy atom. The number of rotatable bonds is 8. The molecule has 1 fully saturated rings. The summed E-state index contributed by atoms with van der Waals surface area (Å²) in [6.07, 6.45) is 4.31. The van der Waals surface area contributed by atoms with Gasteiger partial charge in [0, 0.05) is 12.6 Å². The molecule has 1 aliphatic heterocycles. The molecule has 2 aromatic rings. The van der Waals surface area contributed by atoms with Crippen molar-refractivity contribution in [2.24, 2.45) is 5.92 Å². The Kier molecular flexibility index (Phi) is 7.90. The summed E-state index contributed by atoms with van der Waals surface area (Å²) >= 11 is 0. The summed E-state index contributed by atoms with van der Waals surface area (Å²) in [5.74, 6) is -0.0287. The van der Waals surface area contributed by atoms with E-state index >= 15 is 0 Å². The standard InChI is InChI=1S/C24H35N5O3/c1-4-19-12-8-9-13-27(19)16-20(30)28(14-17(2)3)21-22(25)29(24(32)26-23(21)31)15-18-10-6-5-7-11-18/h5-7,10-11,17,19H,4,8-9,12-16,25H2,1-3H3,(H,26,31,32). The minimum atomic E-state index is -0.628. The van der Waals surface area contributed by atoms with Crippen LogP contribution in [0, 0.1) is 5.92 Å². The molecular formula is C24H35N5O3. The monoisotopic (exact) mass is 441 g/mol. The van der Waals surface area contributed by atoms with E-state index in [1.165, 1.54) is 15.9 Å². The Bertz CT molecular complexity index is 1030. The van der Waals surface area contributed by atoms with E-state index in [0.717, 1.165) is 31.4 Å². The van der Waals surface area contributed by atoms with Crippen molar-refractivity contribution in [2.45, 2.75) is 59.0 Å². The Morgan fingerprint density at radius 1 is 1.22 bits per heavy atom. The third-order valence-electron chi connectivity index (χ3n) is 6.07. The smallest absolute Gasteiger partial charge is 0.330 e. The Labute approximate surface area is 189 Å². The lowest BCUT2D eigenvalue weighted by Crippen LogP contribution is -2.49. The number of H-pyrrole nitrogens is 1. The van der Waals surface area contributed by atoms with Gasteiger partial charge in [0.2, 0.25) is 5.91 Å². The van der Waals surface area contributed by atoms with Gasteiger partial charge in [-0.3, -0.25) is 24.0 Å². The van der Waals surface area contributed by atoms with Crippen molar-refractivity contribution >= 4 is 17.4 Å². The van der Waals surface area contributed by atoms with Crippen LogP contribution in [0.4, 0.5) is 11.5 Å². The zero-order valence-corrected chi connectivity index (χ0v) is 19.3. The highest BCUT2D eigenvalue weighted by atomic mass is 16.2. The molecule has 1 saturated heterocycles. The summed E-state index contributed by atoms with van der Waals surface area (Å²) < 4.78 is 1.32. The number of amides is 1. The van der Waals surface area contributed by atoms with Crippen LogP contribution in [-0.2, 0) is 11.3 Å². The third-order valence-corrected chi connectivity index (χ3v) is 6.07. The number of nitrogens with zero attached hydrogens (tertiary/aromatic N) is 3.